The van der Waals surface area contributed by atoms with Crippen LogP contribution in [0, 0.1) is 0 Å². The Morgan fingerprint density at radius 1 is 1.62 bits per heavy atom. The molecule has 0 aromatic rings. The summed E-state index contributed by atoms with van der Waals surface area (Å²) in [5.74, 6) is 0. The maximum atomic E-state index is 9.34. The van der Waals surface area contributed by atoms with Crippen molar-refractivity contribution in [1.29, 1.82) is 0 Å². The molecule has 8 heavy (non-hydrogen) atoms. The Bertz CT molecular complexity index is 92.0. The van der Waals surface area contributed by atoms with Crippen molar-refractivity contribution in [1.82, 2.24) is 3.11 Å². The van der Waals surface area contributed by atoms with Gasteiger partial charge >= 0.3 is 0 Å². The fourth-order valence-electron chi connectivity index (χ4n) is 0.677. The van der Waals surface area contributed by atoms with Crippen LogP contribution < -0.4 is 0 Å². The molecule has 1 N–H and O–H groups in total. The molecule has 0 aliphatic carbocycles. The summed E-state index contributed by atoms with van der Waals surface area (Å²) in [6.45, 7) is 1.66. The summed E-state index contributed by atoms with van der Waals surface area (Å²) >= 11 is 4.42. The normalized spacial score (nSPS) is 27.4. The third kappa shape index (κ3) is 1.45. The van der Waals surface area contributed by atoms with E-state index in [-0.39, 0.29) is 5.60 Å². The van der Waals surface area contributed by atoms with Gasteiger partial charge in [-0.3, -0.25) is 0 Å². The van der Waals surface area contributed by atoms with Crippen molar-refractivity contribution >= 4 is 45.5 Å². The molecule has 0 aromatic carbocycles. The van der Waals surface area contributed by atoms with E-state index in [1.54, 1.807) is 0 Å². The molecule has 0 unspecified atom stereocenters. The fourth-order valence-corrected chi connectivity index (χ4v) is 2.43. The third-order valence-electron chi connectivity index (χ3n) is 1.18. The van der Waals surface area contributed by atoms with Crippen molar-refractivity contribution in [3.63, 3.8) is 0 Å². The average Bonchev–Trinajstić information content (AvgIpc) is 1.63. The van der Waals surface area contributed by atoms with Gasteiger partial charge in [0, 0.05) is 40.4 Å². The third-order valence-corrected chi connectivity index (χ3v) is 3.28. The second-order valence-corrected chi connectivity index (χ2v) is 4.26. The van der Waals surface area contributed by atoms with Gasteiger partial charge in [-0.15, -0.1) is 0 Å². The summed E-state index contributed by atoms with van der Waals surface area (Å²) in [5.41, 5.74) is -0.359. The molecule has 0 spiro atoms. The van der Waals surface area contributed by atoms with Crippen LogP contribution in [0.5, 0.6) is 0 Å². The van der Waals surface area contributed by atoms with E-state index >= 15 is 0 Å². The Morgan fingerprint density at radius 2 is 2.12 bits per heavy atom. The summed E-state index contributed by atoms with van der Waals surface area (Å²) in [5, 5.41) is 9.34. The number of rotatable bonds is 1. The van der Waals surface area contributed by atoms with E-state index in [0.29, 0.717) is 0 Å². The minimum Gasteiger partial charge on any atom is -0.386 e. The van der Waals surface area contributed by atoms with Crippen molar-refractivity contribution in [3.8, 4) is 0 Å². The van der Waals surface area contributed by atoms with Crippen molar-refractivity contribution in [2.75, 3.05) is 17.5 Å². The van der Waals surface area contributed by atoms with Crippen molar-refractivity contribution < 1.29 is 5.11 Å². The zero-order valence-electron chi connectivity index (χ0n) is 4.27. The highest BCUT2D eigenvalue weighted by molar-refractivity contribution is 14.1. The lowest BCUT2D eigenvalue weighted by molar-refractivity contribution is -0.0223. The lowest BCUT2D eigenvalue weighted by Crippen LogP contribution is -2.58. The largest absolute Gasteiger partial charge is 0.386 e. The van der Waals surface area contributed by atoms with Gasteiger partial charge in [-0.2, -0.15) is 0 Å². The van der Waals surface area contributed by atoms with E-state index in [1.807, 2.05) is 0 Å². The second-order valence-electron chi connectivity index (χ2n) is 2.14. The van der Waals surface area contributed by atoms with Gasteiger partial charge in [-0.05, 0) is 0 Å². The number of aliphatic hydroxyl groups is 1. The highest BCUT2D eigenvalue weighted by atomic mass is 127. The first kappa shape index (κ1) is 7.49. The molecule has 2 nitrogen and oxygen atoms in total. The number of halogens is 2. The molecule has 0 amide bonds. The summed E-state index contributed by atoms with van der Waals surface area (Å²) in [7, 11) is 0. The second kappa shape index (κ2) is 2.55. The van der Waals surface area contributed by atoms with Crippen LogP contribution in [0.1, 0.15) is 0 Å². The standard InChI is InChI=1S/C4H7I2NO/c5-1-4(8)2-7(6)3-4/h8H,1-3H2. The summed E-state index contributed by atoms with van der Waals surface area (Å²) in [6, 6.07) is 0. The van der Waals surface area contributed by atoms with Gasteiger partial charge in [0.05, 0.1) is 0 Å². The SMILES string of the molecule is OC1(CI)CN(I)C1. The van der Waals surface area contributed by atoms with E-state index in [4.69, 9.17) is 0 Å². The molecule has 1 heterocycles. The first-order chi connectivity index (χ1) is 3.66. The Hall–Kier alpha value is 1.38. The van der Waals surface area contributed by atoms with Gasteiger partial charge in [0.15, 0.2) is 0 Å². The van der Waals surface area contributed by atoms with E-state index in [2.05, 4.69) is 48.6 Å². The molecule has 0 atom stereocenters. The van der Waals surface area contributed by atoms with Gasteiger partial charge in [0.2, 0.25) is 0 Å². The van der Waals surface area contributed by atoms with Crippen LogP contribution in [0.25, 0.3) is 0 Å². The quantitative estimate of drug-likeness (QED) is 0.435. The van der Waals surface area contributed by atoms with E-state index in [1.165, 1.54) is 0 Å². The van der Waals surface area contributed by atoms with Crippen LogP contribution in [0.4, 0.5) is 0 Å². The number of alkyl halides is 1. The zero-order chi connectivity index (χ0) is 6.20. The Kier molecular flexibility index (Phi) is 2.39. The van der Waals surface area contributed by atoms with Crippen molar-refractivity contribution in [2.24, 2.45) is 0 Å². The number of hydrogen-bond acceptors (Lipinski definition) is 2. The van der Waals surface area contributed by atoms with Crippen molar-refractivity contribution in [2.45, 2.75) is 5.60 Å². The first-order valence-corrected chi connectivity index (χ1v) is 4.84. The number of nitrogens with zero attached hydrogens (tertiary/aromatic N) is 1. The summed E-state index contributed by atoms with van der Waals surface area (Å²) < 4.78 is 2.93. The zero-order valence-corrected chi connectivity index (χ0v) is 8.59. The molecule has 1 aliphatic heterocycles. The summed E-state index contributed by atoms with van der Waals surface area (Å²) in [6.07, 6.45) is 0. The molecule has 4 heteroatoms. The predicted octanol–water partition coefficient (Wildman–Crippen LogP) is 0.818. The molecule has 1 aliphatic rings. The Balaban J connectivity index is 2.30. The monoisotopic (exact) mass is 339 g/mol. The van der Waals surface area contributed by atoms with Crippen LogP contribution in [-0.2, 0) is 0 Å². The van der Waals surface area contributed by atoms with E-state index in [9.17, 15) is 5.11 Å². The van der Waals surface area contributed by atoms with Crippen LogP contribution in [-0.4, -0.2) is 31.3 Å². The van der Waals surface area contributed by atoms with Crippen LogP contribution in [0.3, 0.4) is 0 Å². The van der Waals surface area contributed by atoms with Gasteiger partial charge in [0.1, 0.15) is 5.60 Å². The maximum absolute atomic E-state index is 9.34. The van der Waals surface area contributed by atoms with E-state index in [0.717, 1.165) is 17.5 Å². The minimum absolute atomic E-state index is 0.359. The fraction of sp³-hybridized carbons (Fsp3) is 1.00. The molecular weight excluding hydrogens is 332 g/mol. The first-order valence-electron chi connectivity index (χ1n) is 2.35. The molecule has 0 radical (unpaired) electrons. The summed E-state index contributed by atoms with van der Waals surface area (Å²) in [4.78, 5) is 0. The van der Waals surface area contributed by atoms with Gasteiger partial charge in [-0.25, -0.2) is 3.11 Å². The molecule has 0 aromatic heterocycles. The van der Waals surface area contributed by atoms with Crippen LogP contribution in [0.2, 0.25) is 0 Å². The van der Waals surface area contributed by atoms with Gasteiger partial charge in [0.25, 0.3) is 0 Å². The van der Waals surface area contributed by atoms with Gasteiger partial charge < -0.3 is 5.11 Å². The highest BCUT2D eigenvalue weighted by Gasteiger charge is 2.38. The predicted molar refractivity (Wildman–Crippen MR) is 49.4 cm³/mol. The lowest BCUT2D eigenvalue weighted by atomic mass is 10.0. The van der Waals surface area contributed by atoms with Crippen molar-refractivity contribution in [3.05, 3.63) is 0 Å². The molecule has 1 rings (SSSR count). The van der Waals surface area contributed by atoms with Crippen LogP contribution in [0.15, 0.2) is 0 Å². The highest BCUT2D eigenvalue weighted by Crippen LogP contribution is 2.25. The average molecular weight is 339 g/mol. The smallest absolute Gasteiger partial charge is 0.100 e. The molecule has 1 fully saturated rings. The Labute approximate surface area is 76.3 Å². The van der Waals surface area contributed by atoms with Crippen LogP contribution >= 0.6 is 45.5 Å². The van der Waals surface area contributed by atoms with E-state index < -0.39 is 0 Å². The molecular formula is C4H7I2NO. The Morgan fingerprint density at radius 3 is 2.25 bits per heavy atom. The molecule has 0 saturated carbocycles. The number of β-amino-alcohol motifs (C(OH)–C–C–N with tert-alkyl or cyclic N) is 1. The topological polar surface area (TPSA) is 23.5 Å². The van der Waals surface area contributed by atoms with Gasteiger partial charge in [-0.1, -0.05) is 22.6 Å². The molecule has 0 bridgehead atoms. The maximum Gasteiger partial charge on any atom is 0.100 e. The molecule has 48 valence electrons. The number of hydrogen-bond donors (Lipinski definition) is 1. The lowest BCUT2D eigenvalue weighted by Gasteiger charge is -2.41. The molecule has 1 saturated heterocycles. The minimum atomic E-state index is -0.359.